The number of rotatable bonds is 6. The molecular formula is C15H18N4O2. The Bertz CT molecular complexity index is 599. The summed E-state index contributed by atoms with van der Waals surface area (Å²) in [6.45, 7) is 0.529. The van der Waals surface area contributed by atoms with Gasteiger partial charge in [-0.1, -0.05) is 12.1 Å². The lowest BCUT2D eigenvalue weighted by molar-refractivity contribution is 0.0949. The Labute approximate surface area is 123 Å². The highest BCUT2D eigenvalue weighted by Gasteiger charge is 2.07. The number of carbonyl (C=O) groups is 1. The maximum absolute atomic E-state index is 11.9. The number of aromatic nitrogens is 2. The summed E-state index contributed by atoms with van der Waals surface area (Å²) in [4.78, 5) is 20.0. The van der Waals surface area contributed by atoms with Gasteiger partial charge in [-0.05, 0) is 24.1 Å². The zero-order valence-electron chi connectivity index (χ0n) is 12.1. The van der Waals surface area contributed by atoms with Crippen LogP contribution in [0.1, 0.15) is 16.1 Å². The summed E-state index contributed by atoms with van der Waals surface area (Å²) in [6, 6.07) is 7.77. The van der Waals surface area contributed by atoms with Crippen LogP contribution in [-0.2, 0) is 6.42 Å². The normalized spacial score (nSPS) is 10.0. The molecule has 0 radical (unpaired) electrons. The van der Waals surface area contributed by atoms with Gasteiger partial charge in [-0.3, -0.25) is 4.79 Å². The van der Waals surface area contributed by atoms with E-state index in [1.54, 1.807) is 14.2 Å². The minimum absolute atomic E-state index is 0.229. The number of amides is 1. The van der Waals surface area contributed by atoms with Crippen LogP contribution in [0.15, 0.2) is 36.7 Å². The van der Waals surface area contributed by atoms with E-state index in [0.717, 1.165) is 17.7 Å². The van der Waals surface area contributed by atoms with Crippen LogP contribution in [0.5, 0.6) is 5.75 Å². The van der Waals surface area contributed by atoms with E-state index in [2.05, 4.69) is 20.6 Å². The summed E-state index contributed by atoms with van der Waals surface area (Å²) in [5, 5.41) is 5.67. The summed E-state index contributed by atoms with van der Waals surface area (Å²) >= 11 is 0. The van der Waals surface area contributed by atoms with Gasteiger partial charge in [0.15, 0.2) is 0 Å². The fourth-order valence-electron chi connectivity index (χ4n) is 1.81. The van der Waals surface area contributed by atoms with Gasteiger partial charge in [0.25, 0.3) is 5.91 Å². The third-order valence-corrected chi connectivity index (χ3v) is 2.97. The summed E-state index contributed by atoms with van der Waals surface area (Å²) < 4.78 is 5.16. The van der Waals surface area contributed by atoms with Crippen LogP contribution in [0.2, 0.25) is 0 Å². The predicted octanol–water partition coefficient (Wildman–Crippen LogP) is 1.50. The van der Waals surface area contributed by atoms with Crippen molar-refractivity contribution < 1.29 is 9.53 Å². The molecule has 2 rings (SSSR count). The molecule has 0 bridgehead atoms. The van der Waals surface area contributed by atoms with Crippen molar-refractivity contribution in [2.24, 2.45) is 0 Å². The quantitative estimate of drug-likeness (QED) is 0.841. The maximum Gasteiger partial charge on any atom is 0.271 e. The van der Waals surface area contributed by atoms with Gasteiger partial charge in [0, 0.05) is 13.6 Å². The van der Waals surface area contributed by atoms with Crippen LogP contribution in [0, 0.1) is 0 Å². The van der Waals surface area contributed by atoms with E-state index in [1.807, 2.05) is 24.3 Å². The Balaban J connectivity index is 1.85. The van der Waals surface area contributed by atoms with Gasteiger partial charge in [-0.25, -0.2) is 9.97 Å². The molecule has 0 spiro atoms. The molecule has 0 aliphatic heterocycles. The molecule has 0 saturated carbocycles. The van der Waals surface area contributed by atoms with Gasteiger partial charge < -0.3 is 15.4 Å². The average molecular weight is 286 g/mol. The second kappa shape index (κ2) is 7.23. The van der Waals surface area contributed by atoms with Crippen molar-refractivity contribution in [1.82, 2.24) is 15.3 Å². The van der Waals surface area contributed by atoms with Crippen molar-refractivity contribution >= 4 is 11.7 Å². The lowest BCUT2D eigenvalue weighted by Crippen LogP contribution is -2.26. The molecule has 0 unspecified atom stereocenters. The van der Waals surface area contributed by atoms with Crippen LogP contribution in [0.25, 0.3) is 0 Å². The number of ether oxygens (including phenoxy) is 1. The van der Waals surface area contributed by atoms with Gasteiger partial charge in [0.1, 0.15) is 17.3 Å². The molecule has 21 heavy (non-hydrogen) atoms. The van der Waals surface area contributed by atoms with Gasteiger partial charge in [-0.2, -0.15) is 0 Å². The van der Waals surface area contributed by atoms with Crippen molar-refractivity contribution in [2.75, 3.05) is 26.0 Å². The van der Waals surface area contributed by atoms with Crippen molar-refractivity contribution in [2.45, 2.75) is 6.42 Å². The third kappa shape index (κ3) is 4.17. The number of hydrogen-bond donors (Lipinski definition) is 2. The Morgan fingerprint density at radius 2 is 2.14 bits per heavy atom. The molecule has 0 saturated heterocycles. The zero-order valence-corrected chi connectivity index (χ0v) is 12.1. The molecule has 6 nitrogen and oxygen atoms in total. The molecule has 0 aliphatic rings. The van der Waals surface area contributed by atoms with Crippen LogP contribution < -0.4 is 15.4 Å². The molecule has 1 amide bonds. The standard InChI is InChI=1S/C15H18N4O2/c1-16-14-10-18-13(9-19-14)15(20)17-7-6-11-4-3-5-12(8-11)21-2/h3-5,8-10H,6-7H2,1-2H3,(H,16,19)(H,17,20). The van der Waals surface area contributed by atoms with Crippen molar-refractivity contribution in [1.29, 1.82) is 0 Å². The molecule has 1 aromatic carbocycles. The van der Waals surface area contributed by atoms with Gasteiger partial charge in [-0.15, -0.1) is 0 Å². The number of benzene rings is 1. The Hall–Kier alpha value is -2.63. The summed E-state index contributed by atoms with van der Waals surface area (Å²) in [6.07, 6.45) is 3.70. The number of nitrogens with one attached hydrogen (secondary N) is 2. The van der Waals surface area contributed by atoms with E-state index in [4.69, 9.17) is 4.74 Å². The lowest BCUT2D eigenvalue weighted by Gasteiger charge is -2.06. The van der Waals surface area contributed by atoms with E-state index in [0.29, 0.717) is 18.1 Å². The molecule has 2 N–H and O–H groups in total. The fourth-order valence-corrected chi connectivity index (χ4v) is 1.81. The van der Waals surface area contributed by atoms with Crippen molar-refractivity contribution in [3.63, 3.8) is 0 Å². The first kappa shape index (κ1) is 14.8. The number of anilines is 1. The Morgan fingerprint density at radius 1 is 1.29 bits per heavy atom. The third-order valence-electron chi connectivity index (χ3n) is 2.97. The molecule has 110 valence electrons. The monoisotopic (exact) mass is 286 g/mol. The summed E-state index contributed by atoms with van der Waals surface area (Å²) in [5.74, 6) is 1.21. The van der Waals surface area contributed by atoms with Crippen LogP contribution >= 0.6 is 0 Å². The molecule has 0 atom stereocenters. The molecule has 1 heterocycles. The highest BCUT2D eigenvalue weighted by Crippen LogP contribution is 2.12. The summed E-state index contributed by atoms with van der Waals surface area (Å²) in [5.41, 5.74) is 1.41. The van der Waals surface area contributed by atoms with E-state index in [-0.39, 0.29) is 5.91 Å². The predicted molar refractivity (Wildman–Crippen MR) is 80.6 cm³/mol. The van der Waals surface area contributed by atoms with Crippen molar-refractivity contribution in [3.05, 3.63) is 47.9 Å². The van der Waals surface area contributed by atoms with E-state index >= 15 is 0 Å². The molecule has 2 aromatic rings. The van der Waals surface area contributed by atoms with E-state index < -0.39 is 0 Å². The molecule has 0 fully saturated rings. The SMILES string of the molecule is CNc1cnc(C(=O)NCCc2cccc(OC)c2)cn1. The number of hydrogen-bond acceptors (Lipinski definition) is 5. The first-order valence-corrected chi connectivity index (χ1v) is 6.64. The second-order valence-electron chi connectivity index (χ2n) is 4.39. The van der Waals surface area contributed by atoms with Gasteiger partial charge >= 0.3 is 0 Å². The summed E-state index contributed by atoms with van der Waals surface area (Å²) in [7, 11) is 3.38. The highest BCUT2D eigenvalue weighted by molar-refractivity contribution is 5.91. The molecule has 6 heteroatoms. The number of methoxy groups -OCH3 is 1. The average Bonchev–Trinajstić information content (AvgIpc) is 2.55. The van der Waals surface area contributed by atoms with Crippen LogP contribution in [0.3, 0.4) is 0 Å². The van der Waals surface area contributed by atoms with Gasteiger partial charge in [0.05, 0.1) is 19.5 Å². The number of carbonyl (C=O) groups excluding carboxylic acids is 1. The lowest BCUT2D eigenvalue weighted by atomic mass is 10.1. The first-order valence-electron chi connectivity index (χ1n) is 6.64. The smallest absolute Gasteiger partial charge is 0.271 e. The van der Waals surface area contributed by atoms with E-state index in [9.17, 15) is 4.79 Å². The van der Waals surface area contributed by atoms with Crippen molar-refractivity contribution in [3.8, 4) is 5.75 Å². The first-order chi connectivity index (χ1) is 10.2. The molecular weight excluding hydrogens is 268 g/mol. The zero-order chi connectivity index (χ0) is 15.1. The maximum atomic E-state index is 11.9. The highest BCUT2D eigenvalue weighted by atomic mass is 16.5. The van der Waals surface area contributed by atoms with E-state index in [1.165, 1.54) is 12.4 Å². The second-order valence-corrected chi connectivity index (χ2v) is 4.39. The molecule has 1 aromatic heterocycles. The minimum Gasteiger partial charge on any atom is -0.497 e. The van der Waals surface area contributed by atoms with Crippen LogP contribution in [-0.4, -0.2) is 36.6 Å². The largest absolute Gasteiger partial charge is 0.497 e. The molecule has 0 aliphatic carbocycles. The Morgan fingerprint density at radius 3 is 2.81 bits per heavy atom. The number of nitrogens with zero attached hydrogens (tertiary/aromatic N) is 2. The minimum atomic E-state index is -0.229. The topological polar surface area (TPSA) is 76.1 Å². The Kier molecular flexibility index (Phi) is 5.09. The fraction of sp³-hybridized carbons (Fsp3) is 0.267. The van der Waals surface area contributed by atoms with Gasteiger partial charge in [0.2, 0.25) is 0 Å². The van der Waals surface area contributed by atoms with Crippen LogP contribution in [0.4, 0.5) is 5.82 Å².